The number of nitrogens with two attached hydrogens (primary N) is 1. The fourth-order valence-corrected chi connectivity index (χ4v) is 2.10. The fourth-order valence-electron chi connectivity index (χ4n) is 2.10. The van der Waals surface area contributed by atoms with Crippen LogP contribution < -0.4 is 11.1 Å². The van der Waals surface area contributed by atoms with Crippen LogP contribution in [0.25, 0.3) is 0 Å². The van der Waals surface area contributed by atoms with Crippen molar-refractivity contribution in [3.05, 3.63) is 23.8 Å². The van der Waals surface area contributed by atoms with Crippen molar-refractivity contribution < 1.29 is 5.11 Å². The molecule has 4 N–H and O–H groups in total. The van der Waals surface area contributed by atoms with Crippen LogP contribution in [0.3, 0.4) is 0 Å². The first-order chi connectivity index (χ1) is 7.95. The highest BCUT2D eigenvalue weighted by molar-refractivity contribution is 5.63. The number of aliphatic hydroxyl groups excluding tert-OH is 1. The molecule has 2 rings (SSSR count). The van der Waals surface area contributed by atoms with Gasteiger partial charge in [-0.2, -0.15) is 5.26 Å². The summed E-state index contributed by atoms with van der Waals surface area (Å²) in [5.74, 6) is 0. The molecule has 0 bridgehead atoms. The molecule has 2 atom stereocenters. The third-order valence-corrected chi connectivity index (χ3v) is 3.73. The van der Waals surface area contributed by atoms with Gasteiger partial charge in [-0.05, 0) is 24.6 Å². The van der Waals surface area contributed by atoms with Gasteiger partial charge in [-0.15, -0.1) is 0 Å². The van der Waals surface area contributed by atoms with Gasteiger partial charge in [0.05, 0.1) is 17.4 Å². The number of nitriles is 1. The van der Waals surface area contributed by atoms with Gasteiger partial charge < -0.3 is 16.2 Å². The van der Waals surface area contributed by atoms with E-state index >= 15 is 0 Å². The Balaban J connectivity index is 2.11. The molecule has 0 aromatic heterocycles. The van der Waals surface area contributed by atoms with Gasteiger partial charge in [0.25, 0.3) is 0 Å². The zero-order chi connectivity index (χ0) is 12.6. The number of rotatable bonds is 2. The molecule has 1 fully saturated rings. The number of benzene rings is 1. The van der Waals surface area contributed by atoms with E-state index in [1.54, 1.807) is 12.1 Å². The lowest BCUT2D eigenvalue weighted by Gasteiger charge is -2.49. The predicted octanol–water partition coefficient (Wildman–Crippen LogP) is 1.71. The number of nitrogen functional groups attached to an aromatic ring is 1. The van der Waals surface area contributed by atoms with E-state index in [9.17, 15) is 5.11 Å². The number of nitrogens with one attached hydrogen (secondary N) is 1. The van der Waals surface area contributed by atoms with Gasteiger partial charge in [0.2, 0.25) is 0 Å². The van der Waals surface area contributed by atoms with Crippen molar-refractivity contribution in [3.63, 3.8) is 0 Å². The lowest BCUT2D eigenvalue weighted by Crippen LogP contribution is -2.56. The summed E-state index contributed by atoms with van der Waals surface area (Å²) in [6.07, 6.45) is 0.489. The minimum Gasteiger partial charge on any atom is -0.398 e. The molecule has 90 valence electrons. The second kappa shape index (κ2) is 3.94. The second-order valence-corrected chi connectivity index (χ2v) is 5.18. The van der Waals surface area contributed by atoms with Crippen molar-refractivity contribution >= 4 is 11.4 Å². The highest BCUT2D eigenvalue weighted by atomic mass is 16.3. The van der Waals surface area contributed by atoms with E-state index in [1.165, 1.54) is 0 Å². The van der Waals surface area contributed by atoms with E-state index < -0.39 is 0 Å². The molecule has 1 aromatic carbocycles. The number of hydrogen-bond donors (Lipinski definition) is 3. The highest BCUT2D eigenvalue weighted by Crippen LogP contribution is 2.42. The molecule has 0 spiro atoms. The zero-order valence-corrected chi connectivity index (χ0v) is 10.1. The van der Waals surface area contributed by atoms with Gasteiger partial charge in [0, 0.05) is 17.1 Å². The average Bonchev–Trinajstić information content (AvgIpc) is 2.29. The molecule has 1 aromatic rings. The van der Waals surface area contributed by atoms with Gasteiger partial charge >= 0.3 is 0 Å². The highest BCUT2D eigenvalue weighted by Gasteiger charge is 2.47. The Morgan fingerprint density at radius 2 is 2.24 bits per heavy atom. The lowest BCUT2D eigenvalue weighted by atomic mass is 9.64. The Bertz CT molecular complexity index is 476. The minimum absolute atomic E-state index is 0.122. The average molecular weight is 231 g/mol. The Hall–Kier alpha value is -1.73. The van der Waals surface area contributed by atoms with Gasteiger partial charge in [-0.1, -0.05) is 13.8 Å². The zero-order valence-electron chi connectivity index (χ0n) is 10.1. The molecule has 1 saturated carbocycles. The molecule has 0 amide bonds. The van der Waals surface area contributed by atoms with Crippen LogP contribution in [0.5, 0.6) is 0 Å². The number of aliphatic hydroxyl groups is 1. The Labute approximate surface area is 101 Å². The van der Waals surface area contributed by atoms with Crippen LogP contribution in [0.4, 0.5) is 11.4 Å². The molecule has 0 aliphatic heterocycles. The molecule has 1 aliphatic rings. The predicted molar refractivity (Wildman–Crippen MR) is 67.4 cm³/mol. The van der Waals surface area contributed by atoms with E-state index in [2.05, 4.69) is 5.32 Å². The SMILES string of the molecule is CC1(C)C(O)CC1Nc1ccc(C#N)c(N)c1. The lowest BCUT2D eigenvalue weighted by molar-refractivity contribution is -0.0510. The van der Waals surface area contributed by atoms with Gasteiger partial charge in [-0.25, -0.2) is 0 Å². The number of nitrogens with zero attached hydrogens (tertiary/aromatic N) is 1. The second-order valence-electron chi connectivity index (χ2n) is 5.18. The molecule has 4 heteroatoms. The van der Waals surface area contributed by atoms with Crippen LogP contribution in [0, 0.1) is 16.7 Å². The third-order valence-electron chi connectivity index (χ3n) is 3.73. The van der Waals surface area contributed by atoms with Gasteiger partial charge in [0.1, 0.15) is 6.07 Å². The van der Waals surface area contributed by atoms with Crippen molar-refractivity contribution in [2.75, 3.05) is 11.1 Å². The maximum atomic E-state index is 9.65. The Morgan fingerprint density at radius 1 is 1.53 bits per heavy atom. The summed E-state index contributed by atoms with van der Waals surface area (Å²) < 4.78 is 0. The third kappa shape index (κ3) is 1.94. The molecule has 0 radical (unpaired) electrons. The summed E-state index contributed by atoms with van der Waals surface area (Å²) in [5, 5.41) is 21.8. The maximum Gasteiger partial charge on any atom is 0.101 e. The van der Waals surface area contributed by atoms with Crippen LogP contribution in [-0.4, -0.2) is 17.3 Å². The van der Waals surface area contributed by atoms with Crippen molar-refractivity contribution in [3.8, 4) is 6.07 Å². The maximum absolute atomic E-state index is 9.65. The summed E-state index contributed by atoms with van der Waals surface area (Å²) >= 11 is 0. The van der Waals surface area contributed by atoms with Crippen molar-refractivity contribution in [1.29, 1.82) is 5.26 Å². The molecule has 2 unspecified atom stereocenters. The van der Waals surface area contributed by atoms with E-state index in [0.29, 0.717) is 11.3 Å². The first kappa shape index (κ1) is 11.7. The molecule has 4 nitrogen and oxygen atoms in total. The first-order valence-corrected chi connectivity index (χ1v) is 5.69. The van der Waals surface area contributed by atoms with Crippen LogP contribution in [0.2, 0.25) is 0 Å². The van der Waals surface area contributed by atoms with E-state index in [0.717, 1.165) is 12.1 Å². The largest absolute Gasteiger partial charge is 0.398 e. The molecule has 17 heavy (non-hydrogen) atoms. The van der Waals surface area contributed by atoms with Gasteiger partial charge in [0.15, 0.2) is 0 Å². The van der Waals surface area contributed by atoms with Crippen molar-refractivity contribution in [2.45, 2.75) is 32.4 Å². The summed E-state index contributed by atoms with van der Waals surface area (Å²) in [6, 6.07) is 7.59. The summed E-state index contributed by atoms with van der Waals surface area (Å²) in [5.41, 5.74) is 7.49. The van der Waals surface area contributed by atoms with E-state index in [4.69, 9.17) is 11.0 Å². The summed E-state index contributed by atoms with van der Waals surface area (Å²) in [4.78, 5) is 0. The fraction of sp³-hybridized carbons (Fsp3) is 0.462. The minimum atomic E-state index is -0.254. The topological polar surface area (TPSA) is 82.1 Å². The van der Waals surface area contributed by atoms with E-state index in [-0.39, 0.29) is 17.6 Å². The Kier molecular flexibility index (Phi) is 2.72. The summed E-state index contributed by atoms with van der Waals surface area (Å²) in [7, 11) is 0. The van der Waals surface area contributed by atoms with Crippen molar-refractivity contribution in [2.24, 2.45) is 5.41 Å². The number of anilines is 2. The summed E-state index contributed by atoms with van der Waals surface area (Å²) in [6.45, 7) is 4.07. The molecule has 0 saturated heterocycles. The number of hydrogen-bond acceptors (Lipinski definition) is 4. The standard InChI is InChI=1S/C13H17N3O/c1-13(2)11(6-12(13)17)16-9-4-3-8(7-14)10(15)5-9/h3-5,11-12,16-17H,6,15H2,1-2H3. The smallest absolute Gasteiger partial charge is 0.101 e. The van der Waals surface area contributed by atoms with Crippen LogP contribution in [-0.2, 0) is 0 Å². The first-order valence-electron chi connectivity index (χ1n) is 5.69. The normalized spacial score (nSPS) is 25.8. The van der Waals surface area contributed by atoms with Gasteiger partial charge in [-0.3, -0.25) is 0 Å². The Morgan fingerprint density at radius 3 is 2.71 bits per heavy atom. The van der Waals surface area contributed by atoms with Crippen LogP contribution >= 0.6 is 0 Å². The van der Waals surface area contributed by atoms with Crippen LogP contribution in [0.1, 0.15) is 25.8 Å². The monoisotopic (exact) mass is 231 g/mol. The van der Waals surface area contributed by atoms with Crippen molar-refractivity contribution in [1.82, 2.24) is 0 Å². The molecule has 0 heterocycles. The van der Waals surface area contributed by atoms with Crippen LogP contribution in [0.15, 0.2) is 18.2 Å². The quantitative estimate of drug-likeness (QED) is 0.677. The molecule has 1 aliphatic carbocycles. The van der Waals surface area contributed by atoms with E-state index in [1.807, 2.05) is 26.0 Å². The molecular weight excluding hydrogens is 214 g/mol. The molecular formula is C13H17N3O.